The van der Waals surface area contributed by atoms with Crippen molar-refractivity contribution in [2.75, 3.05) is 13.6 Å². The molecule has 0 atom stereocenters. The molecule has 17 heavy (non-hydrogen) atoms. The van der Waals surface area contributed by atoms with E-state index in [-0.39, 0.29) is 0 Å². The van der Waals surface area contributed by atoms with Crippen molar-refractivity contribution in [1.29, 1.82) is 0 Å². The lowest BCUT2D eigenvalue weighted by Gasteiger charge is -2.17. The first-order valence-corrected chi connectivity index (χ1v) is 4.31. The minimum atomic E-state index is -4.55. The van der Waals surface area contributed by atoms with Crippen LogP contribution in [-0.4, -0.2) is 51.6 Å². The number of carbonyl (C=O) groups excluding carboxylic acids is 1. The van der Waals surface area contributed by atoms with Gasteiger partial charge in [-0.25, -0.2) is 9.78 Å². The van der Waals surface area contributed by atoms with E-state index in [1.807, 2.05) is 0 Å². The van der Waals surface area contributed by atoms with Crippen LogP contribution in [0.15, 0.2) is 6.33 Å². The Bertz CT molecular complexity index is 441. The molecule has 0 saturated carbocycles. The second-order valence-corrected chi connectivity index (χ2v) is 3.21. The van der Waals surface area contributed by atoms with Gasteiger partial charge in [-0.2, -0.15) is 13.2 Å². The monoisotopic (exact) mass is 251 g/mol. The maximum absolute atomic E-state index is 12.0. The Labute approximate surface area is 93.1 Å². The number of imidazole rings is 1. The number of aromatic amines is 1. The number of nitrogens with one attached hydrogen (secondary N) is 1. The minimum absolute atomic E-state index is 0.350. The quantitative estimate of drug-likeness (QED) is 0.829. The van der Waals surface area contributed by atoms with Crippen LogP contribution < -0.4 is 0 Å². The summed E-state index contributed by atoms with van der Waals surface area (Å²) >= 11 is 0. The van der Waals surface area contributed by atoms with Gasteiger partial charge in [0.15, 0.2) is 11.4 Å². The van der Waals surface area contributed by atoms with Crippen LogP contribution in [0.1, 0.15) is 21.0 Å². The Morgan fingerprint density at radius 3 is 2.59 bits per heavy atom. The van der Waals surface area contributed by atoms with E-state index in [4.69, 9.17) is 5.11 Å². The summed E-state index contributed by atoms with van der Waals surface area (Å²) in [5, 5.41) is 8.65. The third-order valence-electron chi connectivity index (χ3n) is 1.82. The average Bonchev–Trinajstić information content (AvgIpc) is 2.61. The van der Waals surface area contributed by atoms with Crippen LogP contribution in [0, 0.1) is 0 Å². The number of hydrogen-bond acceptors (Lipinski definition) is 3. The highest BCUT2D eigenvalue weighted by Gasteiger charge is 2.33. The van der Waals surface area contributed by atoms with E-state index in [1.165, 1.54) is 0 Å². The van der Waals surface area contributed by atoms with E-state index in [2.05, 4.69) is 9.97 Å². The summed E-state index contributed by atoms with van der Waals surface area (Å²) in [5.74, 6) is -2.58. The first-order valence-electron chi connectivity index (χ1n) is 4.31. The minimum Gasteiger partial charge on any atom is -0.477 e. The predicted molar refractivity (Wildman–Crippen MR) is 48.6 cm³/mol. The van der Waals surface area contributed by atoms with E-state index in [9.17, 15) is 22.8 Å². The number of aromatic carboxylic acids is 1. The lowest BCUT2D eigenvalue weighted by atomic mass is 10.3. The number of H-pyrrole nitrogens is 1. The first-order chi connectivity index (χ1) is 7.72. The second kappa shape index (κ2) is 4.44. The van der Waals surface area contributed by atoms with E-state index in [1.54, 1.807) is 0 Å². The number of nitrogens with zero attached hydrogens (tertiary/aromatic N) is 2. The van der Waals surface area contributed by atoms with E-state index in [0.29, 0.717) is 4.90 Å². The molecule has 0 aromatic carbocycles. The number of carbonyl (C=O) groups is 2. The van der Waals surface area contributed by atoms with Gasteiger partial charge < -0.3 is 15.0 Å². The smallest absolute Gasteiger partial charge is 0.406 e. The summed E-state index contributed by atoms with van der Waals surface area (Å²) in [4.78, 5) is 28.0. The van der Waals surface area contributed by atoms with Crippen molar-refractivity contribution in [2.24, 2.45) is 0 Å². The van der Waals surface area contributed by atoms with Crippen molar-refractivity contribution in [3.8, 4) is 0 Å². The van der Waals surface area contributed by atoms with Crippen molar-refractivity contribution >= 4 is 11.9 Å². The summed E-state index contributed by atoms with van der Waals surface area (Å²) in [7, 11) is 0.913. The topological polar surface area (TPSA) is 86.3 Å². The van der Waals surface area contributed by atoms with Gasteiger partial charge in [-0.05, 0) is 0 Å². The van der Waals surface area contributed by atoms with Gasteiger partial charge in [0.1, 0.15) is 6.54 Å². The fourth-order valence-electron chi connectivity index (χ4n) is 1.14. The number of aromatic nitrogens is 2. The highest BCUT2D eigenvalue weighted by molar-refractivity contribution is 6.02. The van der Waals surface area contributed by atoms with Crippen LogP contribution in [0.4, 0.5) is 13.2 Å². The van der Waals surface area contributed by atoms with Gasteiger partial charge in [0.25, 0.3) is 5.91 Å². The molecule has 0 aliphatic heterocycles. The van der Waals surface area contributed by atoms with Crippen molar-refractivity contribution in [1.82, 2.24) is 14.9 Å². The number of amides is 1. The van der Waals surface area contributed by atoms with Gasteiger partial charge in [0.2, 0.25) is 0 Å². The van der Waals surface area contributed by atoms with Crippen LogP contribution in [-0.2, 0) is 0 Å². The molecular formula is C8H8F3N3O3. The number of rotatable bonds is 3. The van der Waals surface area contributed by atoms with Crippen LogP contribution >= 0.6 is 0 Å². The molecule has 0 radical (unpaired) electrons. The molecule has 0 bridgehead atoms. The van der Waals surface area contributed by atoms with Crippen LogP contribution in [0.3, 0.4) is 0 Å². The second-order valence-electron chi connectivity index (χ2n) is 3.21. The van der Waals surface area contributed by atoms with E-state index >= 15 is 0 Å². The lowest BCUT2D eigenvalue weighted by Crippen LogP contribution is -2.36. The zero-order valence-electron chi connectivity index (χ0n) is 8.58. The first kappa shape index (κ1) is 13.0. The van der Waals surface area contributed by atoms with Gasteiger partial charge in [0.05, 0.1) is 6.33 Å². The highest BCUT2D eigenvalue weighted by atomic mass is 19.4. The molecule has 0 fully saturated rings. The third-order valence-corrected chi connectivity index (χ3v) is 1.82. The number of halogens is 3. The third kappa shape index (κ3) is 3.20. The molecule has 9 heteroatoms. The largest absolute Gasteiger partial charge is 0.477 e. The van der Waals surface area contributed by atoms with Gasteiger partial charge in [-0.15, -0.1) is 0 Å². The Kier molecular flexibility index (Phi) is 3.39. The summed E-state index contributed by atoms with van der Waals surface area (Å²) in [5.41, 5.74) is -1.09. The molecule has 1 heterocycles. The molecule has 0 unspecified atom stereocenters. The number of carboxylic acid groups (broad SMARTS) is 1. The molecule has 6 nitrogen and oxygen atoms in total. The Balaban J connectivity index is 2.89. The zero-order valence-corrected chi connectivity index (χ0v) is 8.58. The molecule has 1 amide bonds. The fraction of sp³-hybridized carbons (Fsp3) is 0.375. The van der Waals surface area contributed by atoms with Crippen molar-refractivity contribution in [3.05, 3.63) is 17.7 Å². The highest BCUT2D eigenvalue weighted by Crippen LogP contribution is 2.17. The number of carboxylic acids is 1. The molecule has 0 saturated heterocycles. The molecule has 1 aromatic rings. The van der Waals surface area contributed by atoms with E-state index < -0.39 is 36.0 Å². The molecule has 1 rings (SSSR count). The zero-order chi connectivity index (χ0) is 13.2. The average molecular weight is 251 g/mol. The maximum atomic E-state index is 12.0. The Morgan fingerprint density at radius 1 is 1.53 bits per heavy atom. The lowest BCUT2D eigenvalue weighted by molar-refractivity contribution is -0.138. The van der Waals surface area contributed by atoms with Crippen LogP contribution in [0.25, 0.3) is 0 Å². The molecular weight excluding hydrogens is 243 g/mol. The van der Waals surface area contributed by atoms with Crippen LogP contribution in [0.5, 0.6) is 0 Å². The van der Waals surface area contributed by atoms with Gasteiger partial charge in [0, 0.05) is 7.05 Å². The van der Waals surface area contributed by atoms with Gasteiger partial charge in [-0.1, -0.05) is 0 Å². The Morgan fingerprint density at radius 2 is 2.12 bits per heavy atom. The standard InChI is InChI=1S/C8H8F3N3O3/c1-14(2-8(9,10)11)6(15)4-5(7(16)17)13-3-12-4/h3H,2H2,1H3,(H,12,13)(H,16,17). The van der Waals surface area contributed by atoms with Crippen LogP contribution in [0.2, 0.25) is 0 Å². The summed E-state index contributed by atoms with van der Waals surface area (Å²) in [6.07, 6.45) is -3.62. The fourth-order valence-corrected chi connectivity index (χ4v) is 1.14. The SMILES string of the molecule is CN(CC(F)(F)F)C(=O)c1nc[nH]c1C(=O)O. The maximum Gasteiger partial charge on any atom is 0.406 e. The number of hydrogen-bond donors (Lipinski definition) is 2. The molecule has 1 aromatic heterocycles. The molecule has 0 aliphatic carbocycles. The van der Waals surface area contributed by atoms with Gasteiger partial charge in [-0.3, -0.25) is 4.79 Å². The summed E-state index contributed by atoms with van der Waals surface area (Å²) < 4.78 is 36.1. The normalized spacial score (nSPS) is 11.3. The Hall–Kier alpha value is -2.06. The summed E-state index contributed by atoms with van der Waals surface area (Å²) in [6, 6.07) is 0. The molecule has 2 N–H and O–H groups in total. The van der Waals surface area contributed by atoms with Crippen molar-refractivity contribution < 1.29 is 27.9 Å². The molecule has 0 aliphatic rings. The molecule has 94 valence electrons. The summed E-state index contributed by atoms with van der Waals surface area (Å²) in [6.45, 7) is -1.47. The van der Waals surface area contributed by atoms with Gasteiger partial charge >= 0.3 is 12.1 Å². The van der Waals surface area contributed by atoms with E-state index in [0.717, 1.165) is 13.4 Å². The number of alkyl halides is 3. The molecule has 0 spiro atoms. The van der Waals surface area contributed by atoms with Crippen molar-refractivity contribution in [2.45, 2.75) is 6.18 Å². The van der Waals surface area contributed by atoms with Crippen molar-refractivity contribution in [3.63, 3.8) is 0 Å². The predicted octanol–water partition coefficient (Wildman–Crippen LogP) is 0.742.